The number of pyridine rings is 1. The standard InChI is InChI=1S/C26H28FN5O4/c1-35-10-11-36-16-17-8-9-32(15-17)26(34)18-2-5-21(6-3-18)29-14-24(31-28)22-13-19-12-20(27)4-7-23(19)30-25(22)33/h2-7,12-14,17,28-29H,8-11,15-16H2,1H3,(H,30,33)/b24-14-,31-28?/t17-/m0/s1. The average molecular weight is 494 g/mol. The van der Waals surface area contributed by atoms with Crippen LogP contribution in [0.15, 0.2) is 64.6 Å². The van der Waals surface area contributed by atoms with Crippen molar-refractivity contribution in [2.75, 3.05) is 45.3 Å². The molecule has 4 rings (SSSR count). The minimum atomic E-state index is -0.438. The van der Waals surface area contributed by atoms with Gasteiger partial charge in [-0.25, -0.2) is 9.92 Å². The van der Waals surface area contributed by atoms with Crippen LogP contribution < -0.4 is 10.9 Å². The first-order valence-electron chi connectivity index (χ1n) is 11.6. The molecule has 3 aromatic rings. The summed E-state index contributed by atoms with van der Waals surface area (Å²) in [5.74, 6) is -0.145. The first-order chi connectivity index (χ1) is 17.5. The highest BCUT2D eigenvalue weighted by Gasteiger charge is 2.27. The van der Waals surface area contributed by atoms with E-state index in [9.17, 15) is 14.0 Å². The van der Waals surface area contributed by atoms with Crippen LogP contribution in [0, 0.1) is 17.3 Å². The third-order valence-corrected chi connectivity index (χ3v) is 6.07. The predicted molar refractivity (Wildman–Crippen MR) is 134 cm³/mol. The fourth-order valence-corrected chi connectivity index (χ4v) is 4.13. The van der Waals surface area contributed by atoms with Gasteiger partial charge in [0.1, 0.15) is 11.5 Å². The summed E-state index contributed by atoms with van der Waals surface area (Å²) in [6, 6.07) is 12.5. The van der Waals surface area contributed by atoms with Gasteiger partial charge in [0.25, 0.3) is 11.5 Å². The SMILES string of the molecule is COCCOC[C@H]1CCN(C(=O)c2ccc(N/C=C(\N=N)c3cc4cc(F)ccc4[nH]c3=O)cc2)C1. The number of aromatic nitrogens is 1. The number of carbonyl (C=O) groups excluding carboxylic acids is 1. The lowest BCUT2D eigenvalue weighted by molar-refractivity contribution is 0.0515. The number of carbonyl (C=O) groups is 1. The van der Waals surface area contributed by atoms with E-state index in [1.54, 1.807) is 31.4 Å². The van der Waals surface area contributed by atoms with Crippen LogP contribution in [0.25, 0.3) is 16.6 Å². The third kappa shape index (κ3) is 6.02. The summed E-state index contributed by atoms with van der Waals surface area (Å²) in [5.41, 5.74) is 9.00. The Hall–Kier alpha value is -3.89. The van der Waals surface area contributed by atoms with Crippen molar-refractivity contribution in [2.24, 2.45) is 11.0 Å². The Balaban J connectivity index is 1.40. The number of ether oxygens (including phenoxy) is 2. The number of nitrogens with zero attached hydrogens (tertiary/aromatic N) is 2. The molecule has 36 heavy (non-hydrogen) atoms. The molecule has 1 amide bonds. The molecule has 10 heteroatoms. The molecule has 0 saturated carbocycles. The van der Waals surface area contributed by atoms with Gasteiger partial charge in [-0.1, -0.05) is 0 Å². The Morgan fingerprint density at radius 2 is 2.06 bits per heavy atom. The Labute approximate surface area is 207 Å². The second-order valence-corrected chi connectivity index (χ2v) is 8.58. The molecule has 9 nitrogen and oxygen atoms in total. The maximum absolute atomic E-state index is 13.6. The molecular formula is C26H28FN5O4. The number of halogens is 1. The van der Waals surface area contributed by atoms with E-state index in [4.69, 9.17) is 15.0 Å². The molecule has 0 spiro atoms. The number of hydrogen-bond donors (Lipinski definition) is 3. The van der Waals surface area contributed by atoms with Gasteiger partial charge in [0.2, 0.25) is 0 Å². The van der Waals surface area contributed by atoms with E-state index in [0.29, 0.717) is 61.0 Å². The smallest absolute Gasteiger partial charge is 0.258 e. The molecule has 0 unspecified atom stereocenters. The number of likely N-dealkylation sites (tertiary alicyclic amines) is 1. The van der Waals surface area contributed by atoms with Gasteiger partial charge in [-0.3, -0.25) is 9.59 Å². The number of anilines is 1. The van der Waals surface area contributed by atoms with Crippen molar-refractivity contribution in [1.29, 1.82) is 5.53 Å². The van der Waals surface area contributed by atoms with Crippen LogP contribution in [-0.2, 0) is 9.47 Å². The van der Waals surface area contributed by atoms with Crippen LogP contribution >= 0.6 is 0 Å². The number of nitrogens with one attached hydrogen (secondary N) is 3. The van der Waals surface area contributed by atoms with Gasteiger partial charge in [-0.15, -0.1) is 0 Å². The topological polar surface area (TPSA) is 120 Å². The number of H-pyrrole nitrogens is 1. The molecule has 2 aromatic carbocycles. The van der Waals surface area contributed by atoms with Gasteiger partial charge in [-0.2, -0.15) is 5.11 Å². The van der Waals surface area contributed by atoms with E-state index in [2.05, 4.69) is 15.4 Å². The number of amides is 1. The zero-order valence-corrected chi connectivity index (χ0v) is 19.9. The van der Waals surface area contributed by atoms with Crippen molar-refractivity contribution in [3.05, 3.63) is 82.0 Å². The van der Waals surface area contributed by atoms with Crippen LogP contribution in [0.4, 0.5) is 10.1 Å². The Morgan fingerprint density at radius 1 is 1.25 bits per heavy atom. The van der Waals surface area contributed by atoms with Crippen molar-refractivity contribution in [3.8, 4) is 0 Å². The summed E-state index contributed by atoms with van der Waals surface area (Å²) in [7, 11) is 1.63. The van der Waals surface area contributed by atoms with E-state index in [1.165, 1.54) is 30.5 Å². The van der Waals surface area contributed by atoms with Crippen molar-refractivity contribution in [3.63, 3.8) is 0 Å². The minimum Gasteiger partial charge on any atom is -0.382 e. The maximum Gasteiger partial charge on any atom is 0.258 e. The molecule has 2 heterocycles. The minimum absolute atomic E-state index is 0.0340. The van der Waals surface area contributed by atoms with Gasteiger partial charge >= 0.3 is 0 Å². The van der Waals surface area contributed by atoms with Gasteiger partial charge in [0.05, 0.1) is 25.4 Å². The Kier molecular flexibility index (Phi) is 8.19. The first-order valence-corrected chi connectivity index (χ1v) is 11.6. The highest BCUT2D eigenvalue weighted by molar-refractivity contribution is 5.94. The van der Waals surface area contributed by atoms with Crippen molar-refractivity contribution < 1.29 is 18.7 Å². The summed E-state index contributed by atoms with van der Waals surface area (Å²) in [6.07, 6.45) is 2.33. The largest absolute Gasteiger partial charge is 0.382 e. The number of rotatable bonds is 10. The molecule has 1 atom stereocenters. The molecule has 0 aliphatic carbocycles. The highest BCUT2D eigenvalue weighted by Crippen LogP contribution is 2.21. The summed E-state index contributed by atoms with van der Waals surface area (Å²) in [4.78, 5) is 29.9. The monoisotopic (exact) mass is 493 g/mol. The summed E-state index contributed by atoms with van der Waals surface area (Å²) >= 11 is 0. The molecule has 3 N–H and O–H groups in total. The first kappa shape index (κ1) is 25.2. The van der Waals surface area contributed by atoms with Crippen molar-refractivity contribution >= 4 is 28.2 Å². The van der Waals surface area contributed by atoms with E-state index < -0.39 is 11.4 Å². The molecule has 1 saturated heterocycles. The lowest BCUT2D eigenvalue weighted by Gasteiger charge is -2.17. The number of methoxy groups -OCH3 is 1. The Morgan fingerprint density at radius 3 is 2.81 bits per heavy atom. The summed E-state index contributed by atoms with van der Waals surface area (Å²) in [6.45, 7) is 3.07. The van der Waals surface area contributed by atoms with Gasteiger partial charge in [0.15, 0.2) is 0 Å². The zero-order valence-electron chi connectivity index (χ0n) is 19.9. The van der Waals surface area contributed by atoms with Gasteiger partial charge < -0.3 is 24.7 Å². The third-order valence-electron chi connectivity index (χ3n) is 6.07. The molecular weight excluding hydrogens is 465 g/mol. The van der Waals surface area contributed by atoms with E-state index in [0.717, 1.165) is 6.42 Å². The van der Waals surface area contributed by atoms with Crippen LogP contribution in [0.5, 0.6) is 0 Å². The molecule has 188 valence electrons. The lowest BCUT2D eigenvalue weighted by atomic mass is 10.1. The maximum atomic E-state index is 13.6. The van der Waals surface area contributed by atoms with Gasteiger partial charge in [0, 0.05) is 54.5 Å². The quantitative estimate of drug-likeness (QED) is 0.288. The van der Waals surface area contributed by atoms with Crippen LogP contribution in [0.2, 0.25) is 0 Å². The zero-order chi connectivity index (χ0) is 25.5. The summed E-state index contributed by atoms with van der Waals surface area (Å²) in [5, 5.41) is 6.95. The summed E-state index contributed by atoms with van der Waals surface area (Å²) < 4.78 is 24.2. The molecule has 1 aliphatic heterocycles. The van der Waals surface area contributed by atoms with Crippen LogP contribution in [0.1, 0.15) is 22.3 Å². The molecule has 0 bridgehead atoms. The second kappa shape index (κ2) is 11.7. The average Bonchev–Trinajstić information content (AvgIpc) is 3.36. The van der Waals surface area contributed by atoms with E-state index in [1.807, 2.05) is 4.90 Å². The highest BCUT2D eigenvalue weighted by atomic mass is 19.1. The number of aromatic amines is 1. The number of hydrogen-bond acceptors (Lipinski definition) is 7. The van der Waals surface area contributed by atoms with Crippen molar-refractivity contribution in [1.82, 2.24) is 9.88 Å². The second-order valence-electron chi connectivity index (χ2n) is 8.58. The van der Waals surface area contributed by atoms with Gasteiger partial charge in [-0.05, 0) is 55.0 Å². The molecule has 0 radical (unpaired) electrons. The van der Waals surface area contributed by atoms with Crippen molar-refractivity contribution in [2.45, 2.75) is 6.42 Å². The molecule has 1 aliphatic rings. The molecule has 1 fully saturated rings. The molecule has 1 aromatic heterocycles. The fourth-order valence-electron chi connectivity index (χ4n) is 4.13. The number of benzene rings is 2. The Bertz CT molecular complexity index is 1320. The van der Waals surface area contributed by atoms with E-state index >= 15 is 0 Å². The fraction of sp³-hybridized carbons (Fsp3) is 0.308. The lowest BCUT2D eigenvalue weighted by Crippen LogP contribution is -2.29. The normalized spacial score (nSPS) is 15.9. The predicted octanol–water partition coefficient (Wildman–Crippen LogP) is 4.23. The number of fused-ring (bicyclic) bond motifs is 1. The van der Waals surface area contributed by atoms with Crippen LogP contribution in [-0.4, -0.2) is 55.8 Å². The van der Waals surface area contributed by atoms with Crippen LogP contribution in [0.3, 0.4) is 0 Å². The van der Waals surface area contributed by atoms with E-state index in [-0.39, 0.29) is 17.2 Å².